The first-order valence-corrected chi connectivity index (χ1v) is 1.87. The van der Waals surface area contributed by atoms with Gasteiger partial charge in [0.25, 0.3) is 0 Å². The standard InChI is InChI=1S/CH5BO2S/c3-2(4)1-5/h3-5H,1H2. The minimum absolute atomic E-state index is 0.111. The molecule has 0 bridgehead atoms. The first-order valence-electron chi connectivity index (χ1n) is 1.24. The third-order valence-electron chi connectivity index (χ3n) is 0.163. The Balaban J connectivity index is 2.54. The largest absolute Gasteiger partial charge is 0.461 e. The van der Waals surface area contributed by atoms with Gasteiger partial charge in [-0.3, -0.25) is 0 Å². The lowest BCUT2D eigenvalue weighted by Crippen LogP contribution is -2.12. The zero-order valence-corrected chi connectivity index (χ0v) is 3.52. The molecule has 2 nitrogen and oxygen atoms in total. The van der Waals surface area contributed by atoms with Crippen molar-refractivity contribution in [3.8, 4) is 0 Å². The van der Waals surface area contributed by atoms with Crippen molar-refractivity contribution in [1.29, 1.82) is 0 Å². The van der Waals surface area contributed by atoms with Crippen molar-refractivity contribution in [1.82, 2.24) is 0 Å². The number of thiol groups is 1. The monoisotopic (exact) mass is 92.0 g/mol. The molecule has 0 heterocycles. The molecule has 0 amide bonds. The molecule has 0 spiro atoms. The van der Waals surface area contributed by atoms with Gasteiger partial charge in [0.15, 0.2) is 0 Å². The molecule has 0 atom stereocenters. The molecule has 4 heteroatoms. The van der Waals surface area contributed by atoms with E-state index in [2.05, 4.69) is 12.6 Å². The molecule has 0 saturated heterocycles. The van der Waals surface area contributed by atoms with Crippen molar-refractivity contribution in [3.63, 3.8) is 0 Å². The molecule has 30 valence electrons. The van der Waals surface area contributed by atoms with Crippen LogP contribution in [0.5, 0.6) is 0 Å². The SMILES string of the molecule is OB(O)CS. The predicted molar refractivity (Wildman–Crippen MR) is 24.0 cm³/mol. The third-order valence-corrected chi connectivity index (χ3v) is 0.490. The van der Waals surface area contributed by atoms with Crippen molar-refractivity contribution in [3.05, 3.63) is 0 Å². The number of hydrogen-bond donors (Lipinski definition) is 3. The Labute approximate surface area is 36.4 Å². The Morgan fingerprint density at radius 3 is 1.80 bits per heavy atom. The lowest BCUT2D eigenvalue weighted by atomic mass is 9.98. The summed E-state index contributed by atoms with van der Waals surface area (Å²) < 4.78 is 0. The first-order chi connectivity index (χ1) is 2.27. The van der Waals surface area contributed by atoms with Gasteiger partial charge in [-0.15, -0.1) is 0 Å². The van der Waals surface area contributed by atoms with Gasteiger partial charge in [0.05, 0.1) is 0 Å². The van der Waals surface area contributed by atoms with Gasteiger partial charge in [0.2, 0.25) is 0 Å². The van der Waals surface area contributed by atoms with Crippen molar-refractivity contribution in [2.75, 3.05) is 5.65 Å². The average Bonchev–Trinajstić information content (AvgIpc) is 1.38. The summed E-state index contributed by atoms with van der Waals surface area (Å²) in [5.41, 5.74) is 0.111. The van der Waals surface area contributed by atoms with Crippen molar-refractivity contribution in [2.45, 2.75) is 0 Å². The van der Waals surface area contributed by atoms with Gasteiger partial charge in [-0.25, -0.2) is 0 Å². The van der Waals surface area contributed by atoms with E-state index in [1.807, 2.05) is 0 Å². The second kappa shape index (κ2) is 2.57. The molecule has 0 aliphatic rings. The van der Waals surface area contributed by atoms with Crippen LogP contribution in [0, 0.1) is 0 Å². The summed E-state index contributed by atoms with van der Waals surface area (Å²) in [5, 5.41) is 15.7. The average molecular weight is 91.9 g/mol. The van der Waals surface area contributed by atoms with Crippen LogP contribution in [-0.2, 0) is 0 Å². The van der Waals surface area contributed by atoms with E-state index >= 15 is 0 Å². The van der Waals surface area contributed by atoms with Crippen LogP contribution in [0.25, 0.3) is 0 Å². The van der Waals surface area contributed by atoms with Gasteiger partial charge < -0.3 is 10.0 Å². The third kappa shape index (κ3) is 4.33. The summed E-state index contributed by atoms with van der Waals surface area (Å²) in [6.07, 6.45) is 0. The number of hydrogen-bond acceptors (Lipinski definition) is 3. The highest BCUT2D eigenvalue weighted by atomic mass is 32.1. The fraction of sp³-hybridized carbons (Fsp3) is 1.00. The fourth-order valence-electron chi connectivity index (χ4n) is 0. The summed E-state index contributed by atoms with van der Waals surface area (Å²) in [4.78, 5) is 0. The van der Waals surface area contributed by atoms with Crippen molar-refractivity contribution in [2.24, 2.45) is 0 Å². The normalized spacial score (nSPS) is 7.80. The lowest BCUT2D eigenvalue weighted by Gasteiger charge is -1.81. The fourth-order valence-corrected chi connectivity index (χ4v) is 0. The molecule has 0 aromatic carbocycles. The molecule has 0 fully saturated rings. The van der Waals surface area contributed by atoms with Crippen LogP contribution in [0.3, 0.4) is 0 Å². The van der Waals surface area contributed by atoms with Crippen LogP contribution in [-0.4, -0.2) is 22.8 Å². The Kier molecular flexibility index (Phi) is 2.74. The van der Waals surface area contributed by atoms with Crippen LogP contribution < -0.4 is 0 Å². The van der Waals surface area contributed by atoms with Gasteiger partial charge in [0, 0.05) is 5.65 Å². The van der Waals surface area contributed by atoms with E-state index in [0.717, 1.165) is 0 Å². The van der Waals surface area contributed by atoms with E-state index in [0.29, 0.717) is 0 Å². The highest BCUT2D eigenvalue weighted by molar-refractivity contribution is 7.81. The molecule has 0 aromatic rings. The molecule has 0 aliphatic heterocycles. The Morgan fingerprint density at radius 1 is 1.60 bits per heavy atom. The molecular weight excluding hydrogens is 86.9 g/mol. The van der Waals surface area contributed by atoms with Crippen LogP contribution in [0.2, 0.25) is 0 Å². The highest BCUT2D eigenvalue weighted by Crippen LogP contribution is 1.69. The molecule has 0 radical (unpaired) electrons. The lowest BCUT2D eigenvalue weighted by molar-refractivity contribution is 0.416. The molecule has 0 aromatic heterocycles. The number of rotatable bonds is 1. The molecule has 0 rings (SSSR count). The van der Waals surface area contributed by atoms with Crippen LogP contribution >= 0.6 is 12.6 Å². The zero-order valence-electron chi connectivity index (χ0n) is 2.63. The maximum atomic E-state index is 7.84. The van der Waals surface area contributed by atoms with Crippen molar-refractivity contribution >= 4 is 19.7 Å². The topological polar surface area (TPSA) is 40.5 Å². The minimum atomic E-state index is -1.25. The summed E-state index contributed by atoms with van der Waals surface area (Å²) in [7, 11) is -1.25. The quantitative estimate of drug-likeness (QED) is 0.284. The molecular formula is CH5BO2S. The first kappa shape index (κ1) is 5.33. The smallest absolute Gasteiger partial charge is 0.427 e. The highest BCUT2D eigenvalue weighted by Gasteiger charge is 1.97. The maximum Gasteiger partial charge on any atom is 0.461 e. The summed E-state index contributed by atoms with van der Waals surface area (Å²) in [6, 6.07) is 0. The van der Waals surface area contributed by atoms with Gasteiger partial charge >= 0.3 is 7.12 Å². The van der Waals surface area contributed by atoms with E-state index in [9.17, 15) is 0 Å². The van der Waals surface area contributed by atoms with E-state index in [1.54, 1.807) is 0 Å². The minimum Gasteiger partial charge on any atom is -0.427 e. The Bertz CT molecular complexity index is 23.6. The summed E-state index contributed by atoms with van der Waals surface area (Å²) >= 11 is 3.52. The van der Waals surface area contributed by atoms with Crippen LogP contribution in [0.4, 0.5) is 0 Å². The molecule has 0 unspecified atom stereocenters. The second-order valence-electron chi connectivity index (χ2n) is 0.663. The molecule has 5 heavy (non-hydrogen) atoms. The van der Waals surface area contributed by atoms with Crippen LogP contribution in [0.15, 0.2) is 0 Å². The second-order valence-corrected chi connectivity index (χ2v) is 1.03. The van der Waals surface area contributed by atoms with Gasteiger partial charge in [0.1, 0.15) is 0 Å². The Morgan fingerprint density at radius 2 is 1.80 bits per heavy atom. The molecule has 2 N–H and O–H groups in total. The van der Waals surface area contributed by atoms with E-state index in [1.165, 1.54) is 0 Å². The van der Waals surface area contributed by atoms with Gasteiger partial charge in [-0.05, 0) is 0 Å². The van der Waals surface area contributed by atoms with Gasteiger partial charge in [-0.2, -0.15) is 12.6 Å². The predicted octanol–water partition coefficient (Wildman–Crippen LogP) is -1.07. The maximum absolute atomic E-state index is 7.84. The van der Waals surface area contributed by atoms with Crippen LogP contribution in [0.1, 0.15) is 0 Å². The van der Waals surface area contributed by atoms with Crippen molar-refractivity contribution < 1.29 is 10.0 Å². The van der Waals surface area contributed by atoms with E-state index < -0.39 is 7.12 Å². The van der Waals surface area contributed by atoms with E-state index in [-0.39, 0.29) is 5.65 Å². The van der Waals surface area contributed by atoms with E-state index in [4.69, 9.17) is 10.0 Å². The molecule has 0 aliphatic carbocycles. The Hall–Kier alpha value is 0.335. The molecule has 0 saturated carbocycles. The zero-order chi connectivity index (χ0) is 4.28. The summed E-state index contributed by atoms with van der Waals surface area (Å²) in [5.74, 6) is 0. The van der Waals surface area contributed by atoms with Gasteiger partial charge in [-0.1, -0.05) is 0 Å². The summed E-state index contributed by atoms with van der Waals surface area (Å²) in [6.45, 7) is 0.